The molecule has 0 radical (unpaired) electrons. The van der Waals surface area contributed by atoms with E-state index in [0.29, 0.717) is 5.69 Å². The van der Waals surface area contributed by atoms with Crippen LogP contribution in [0.4, 0.5) is 17.3 Å². The van der Waals surface area contributed by atoms with Crippen LogP contribution in [-0.2, 0) is 0 Å². The Labute approximate surface area is 86.0 Å². The molecule has 0 amide bonds. The number of aromatic amines is 1. The summed E-state index contributed by atoms with van der Waals surface area (Å²) < 4.78 is 0. The number of benzene rings is 1. The van der Waals surface area contributed by atoms with Gasteiger partial charge in [-0.1, -0.05) is 18.2 Å². The molecule has 0 saturated carbocycles. The first-order chi connectivity index (χ1) is 7.25. The van der Waals surface area contributed by atoms with Gasteiger partial charge in [0.2, 0.25) is 0 Å². The molecule has 1 heterocycles. The summed E-state index contributed by atoms with van der Waals surface area (Å²) in [5.74, 6) is 0.110. The van der Waals surface area contributed by atoms with Crippen molar-refractivity contribution in [1.29, 1.82) is 0 Å². The zero-order valence-electron chi connectivity index (χ0n) is 7.90. The third-order valence-electron chi connectivity index (χ3n) is 1.87. The average molecular weight is 202 g/mol. The van der Waals surface area contributed by atoms with E-state index in [1.165, 1.54) is 6.20 Å². The summed E-state index contributed by atoms with van der Waals surface area (Å²) in [5, 5.41) is 2.94. The lowest BCUT2D eigenvalue weighted by Gasteiger charge is -2.04. The van der Waals surface area contributed by atoms with Gasteiger partial charge in [-0.25, -0.2) is 4.98 Å². The largest absolute Gasteiger partial charge is 0.369 e. The van der Waals surface area contributed by atoms with Crippen LogP contribution in [0, 0.1) is 0 Å². The first-order valence-electron chi connectivity index (χ1n) is 4.42. The molecule has 0 aliphatic heterocycles. The van der Waals surface area contributed by atoms with Gasteiger partial charge in [0.15, 0.2) is 5.95 Å². The van der Waals surface area contributed by atoms with E-state index in [9.17, 15) is 4.79 Å². The second-order valence-electron chi connectivity index (χ2n) is 3.00. The highest BCUT2D eigenvalue weighted by atomic mass is 16.1. The molecule has 0 aliphatic rings. The molecule has 15 heavy (non-hydrogen) atoms. The molecule has 0 fully saturated rings. The number of nitrogen functional groups attached to an aromatic ring is 1. The summed E-state index contributed by atoms with van der Waals surface area (Å²) in [6.07, 6.45) is 1.40. The maximum absolute atomic E-state index is 11.4. The van der Waals surface area contributed by atoms with Crippen molar-refractivity contribution in [2.24, 2.45) is 0 Å². The molecule has 5 nitrogen and oxygen atoms in total. The van der Waals surface area contributed by atoms with Crippen molar-refractivity contribution in [1.82, 2.24) is 9.97 Å². The van der Waals surface area contributed by atoms with Gasteiger partial charge in [-0.05, 0) is 12.1 Å². The van der Waals surface area contributed by atoms with Crippen molar-refractivity contribution in [3.63, 3.8) is 0 Å². The van der Waals surface area contributed by atoms with E-state index in [0.717, 1.165) is 5.69 Å². The minimum absolute atomic E-state index is 0.110. The van der Waals surface area contributed by atoms with Gasteiger partial charge >= 0.3 is 0 Å². The van der Waals surface area contributed by atoms with E-state index in [2.05, 4.69) is 15.3 Å². The van der Waals surface area contributed by atoms with Crippen LogP contribution in [-0.4, -0.2) is 9.97 Å². The monoisotopic (exact) mass is 202 g/mol. The summed E-state index contributed by atoms with van der Waals surface area (Å²) in [7, 11) is 0. The Hall–Kier alpha value is -2.30. The van der Waals surface area contributed by atoms with E-state index >= 15 is 0 Å². The minimum Gasteiger partial charge on any atom is -0.369 e. The Morgan fingerprint density at radius 2 is 2.00 bits per heavy atom. The number of hydrogen-bond donors (Lipinski definition) is 3. The Morgan fingerprint density at radius 1 is 1.27 bits per heavy atom. The van der Waals surface area contributed by atoms with Crippen LogP contribution < -0.4 is 16.6 Å². The van der Waals surface area contributed by atoms with Gasteiger partial charge in [-0.2, -0.15) is 0 Å². The zero-order chi connectivity index (χ0) is 10.7. The van der Waals surface area contributed by atoms with Crippen molar-refractivity contribution in [2.75, 3.05) is 11.1 Å². The average Bonchev–Trinajstić information content (AvgIpc) is 2.24. The molecule has 0 bridgehead atoms. The number of aromatic nitrogens is 2. The van der Waals surface area contributed by atoms with Crippen LogP contribution in [0.1, 0.15) is 0 Å². The molecule has 0 spiro atoms. The smallest absolute Gasteiger partial charge is 0.275 e. The summed E-state index contributed by atoms with van der Waals surface area (Å²) in [6.45, 7) is 0. The second kappa shape index (κ2) is 3.83. The van der Waals surface area contributed by atoms with Gasteiger partial charge in [0.1, 0.15) is 5.69 Å². The van der Waals surface area contributed by atoms with Crippen LogP contribution in [0.5, 0.6) is 0 Å². The summed E-state index contributed by atoms with van der Waals surface area (Å²) in [4.78, 5) is 17.6. The number of hydrogen-bond acceptors (Lipinski definition) is 4. The minimum atomic E-state index is -0.286. The zero-order valence-corrected chi connectivity index (χ0v) is 7.90. The van der Waals surface area contributed by atoms with E-state index < -0.39 is 0 Å². The fourth-order valence-corrected chi connectivity index (χ4v) is 1.17. The molecule has 1 aromatic carbocycles. The molecule has 4 N–H and O–H groups in total. The molecule has 0 aliphatic carbocycles. The SMILES string of the molecule is Nc1ncc(Nc2ccccc2)c(=O)[nH]1. The third-order valence-corrected chi connectivity index (χ3v) is 1.87. The van der Waals surface area contributed by atoms with E-state index in [1.807, 2.05) is 30.3 Å². The highest BCUT2D eigenvalue weighted by molar-refractivity contribution is 5.57. The summed E-state index contributed by atoms with van der Waals surface area (Å²) in [6, 6.07) is 9.37. The van der Waals surface area contributed by atoms with Crippen molar-refractivity contribution < 1.29 is 0 Å². The number of H-pyrrole nitrogens is 1. The predicted octanol–water partition coefficient (Wildman–Crippen LogP) is 1.10. The molecular weight excluding hydrogens is 192 g/mol. The Bertz CT molecular complexity index is 506. The van der Waals surface area contributed by atoms with Gasteiger partial charge in [-0.15, -0.1) is 0 Å². The van der Waals surface area contributed by atoms with Gasteiger partial charge < -0.3 is 11.1 Å². The lowest BCUT2D eigenvalue weighted by molar-refractivity contribution is 1.14. The molecule has 1 aromatic heterocycles. The van der Waals surface area contributed by atoms with Crippen LogP contribution in [0.25, 0.3) is 0 Å². The lowest BCUT2D eigenvalue weighted by Crippen LogP contribution is -2.14. The summed E-state index contributed by atoms with van der Waals surface area (Å²) >= 11 is 0. The van der Waals surface area contributed by atoms with Crippen LogP contribution >= 0.6 is 0 Å². The highest BCUT2D eigenvalue weighted by Crippen LogP contribution is 2.10. The molecule has 0 atom stereocenters. The number of anilines is 3. The standard InChI is InChI=1S/C10H10N4O/c11-10-12-6-8(9(15)14-10)13-7-4-2-1-3-5-7/h1-6,13H,(H3,11,12,14,15). The topological polar surface area (TPSA) is 83.8 Å². The highest BCUT2D eigenvalue weighted by Gasteiger charge is 2.00. The third kappa shape index (κ3) is 2.14. The maximum atomic E-state index is 11.4. The number of para-hydroxylation sites is 1. The van der Waals surface area contributed by atoms with Crippen molar-refractivity contribution in [2.45, 2.75) is 0 Å². The molecule has 0 unspecified atom stereocenters. The number of nitrogens with zero attached hydrogens (tertiary/aromatic N) is 1. The fourth-order valence-electron chi connectivity index (χ4n) is 1.17. The molecule has 76 valence electrons. The number of nitrogens with one attached hydrogen (secondary N) is 2. The van der Waals surface area contributed by atoms with Crippen molar-refractivity contribution in [3.8, 4) is 0 Å². The molecule has 2 aromatic rings. The fraction of sp³-hybridized carbons (Fsp3) is 0. The van der Waals surface area contributed by atoms with Gasteiger partial charge in [0, 0.05) is 5.69 Å². The maximum Gasteiger partial charge on any atom is 0.275 e. The number of nitrogens with two attached hydrogens (primary N) is 1. The van der Waals surface area contributed by atoms with E-state index in [-0.39, 0.29) is 11.5 Å². The van der Waals surface area contributed by atoms with Gasteiger partial charge in [0.25, 0.3) is 5.56 Å². The van der Waals surface area contributed by atoms with E-state index in [1.54, 1.807) is 0 Å². The molecule has 2 rings (SSSR count). The van der Waals surface area contributed by atoms with Crippen LogP contribution in [0.3, 0.4) is 0 Å². The normalized spacial score (nSPS) is 9.87. The van der Waals surface area contributed by atoms with Crippen LogP contribution in [0.15, 0.2) is 41.3 Å². The van der Waals surface area contributed by atoms with Crippen molar-refractivity contribution in [3.05, 3.63) is 46.9 Å². The van der Waals surface area contributed by atoms with Gasteiger partial charge in [-0.3, -0.25) is 9.78 Å². The predicted molar refractivity (Wildman–Crippen MR) is 59.0 cm³/mol. The first-order valence-corrected chi connectivity index (χ1v) is 4.42. The summed E-state index contributed by atoms with van der Waals surface area (Å²) in [5.41, 5.74) is 6.24. The Balaban J connectivity index is 2.29. The molecular formula is C10H10N4O. The first kappa shape index (κ1) is 9.26. The Kier molecular flexibility index (Phi) is 2.37. The quantitative estimate of drug-likeness (QED) is 0.680. The second-order valence-corrected chi connectivity index (χ2v) is 3.00. The van der Waals surface area contributed by atoms with Crippen LogP contribution in [0.2, 0.25) is 0 Å². The van der Waals surface area contributed by atoms with Crippen molar-refractivity contribution >= 4 is 17.3 Å². The lowest BCUT2D eigenvalue weighted by atomic mass is 10.3. The Morgan fingerprint density at radius 3 is 2.67 bits per heavy atom. The molecule has 0 saturated heterocycles. The van der Waals surface area contributed by atoms with Gasteiger partial charge in [0.05, 0.1) is 6.20 Å². The molecule has 5 heteroatoms. The number of rotatable bonds is 2. The van der Waals surface area contributed by atoms with E-state index in [4.69, 9.17) is 5.73 Å².